The van der Waals surface area contributed by atoms with Crippen LogP contribution in [0.2, 0.25) is 0 Å². The van der Waals surface area contributed by atoms with Gasteiger partial charge in [-0.3, -0.25) is 14.4 Å². The lowest BCUT2D eigenvalue weighted by atomic mass is 9.85. The number of rotatable bonds is 5. The number of fused-ring (bicyclic) bond motifs is 1. The van der Waals surface area contributed by atoms with E-state index in [4.69, 9.17) is 0 Å². The van der Waals surface area contributed by atoms with Crippen molar-refractivity contribution in [2.24, 2.45) is 11.8 Å². The fourth-order valence-electron chi connectivity index (χ4n) is 3.00. The molecule has 1 aliphatic heterocycles. The number of hydrogen-bond donors (Lipinski definition) is 2. The summed E-state index contributed by atoms with van der Waals surface area (Å²) in [5.41, 5.74) is 0. The highest BCUT2D eigenvalue weighted by Gasteiger charge is 2.48. The van der Waals surface area contributed by atoms with Gasteiger partial charge in [0.2, 0.25) is 11.8 Å². The molecule has 2 aliphatic rings. The summed E-state index contributed by atoms with van der Waals surface area (Å²) in [5.74, 6) is -0.629. The zero-order valence-electron chi connectivity index (χ0n) is 12.9. The Balaban J connectivity index is 1.92. The Hall–Kier alpha value is -1.69. The first-order chi connectivity index (χ1) is 9.90. The van der Waals surface area contributed by atoms with Crippen LogP contribution in [0.1, 0.15) is 26.7 Å². The van der Waals surface area contributed by atoms with E-state index in [9.17, 15) is 14.4 Å². The van der Waals surface area contributed by atoms with Crippen LogP contribution in [-0.2, 0) is 14.4 Å². The predicted octanol–water partition coefficient (Wildman–Crippen LogP) is -1.07. The predicted molar refractivity (Wildman–Crippen MR) is 77.1 cm³/mol. The molecule has 2 N–H and O–H groups in total. The van der Waals surface area contributed by atoms with Crippen LogP contribution in [-0.4, -0.2) is 48.9 Å². The number of nitrogens with one attached hydrogen (secondary N) is 2. The van der Waals surface area contributed by atoms with Crippen LogP contribution >= 0.6 is 0 Å². The standard InChI is InChI=1S/C15H23N3O3/c1-10(2)16-13(19)8-17(3)9-18-14(20)11-6-4-5-7-12(11)15(18)21/h4-5,10-12H,6-9H2,1-3H3,(H,16,19)/p+1/t11-,12+. The number of carbonyl (C=O) groups excluding carboxylic acids is 3. The highest BCUT2D eigenvalue weighted by Crippen LogP contribution is 2.34. The summed E-state index contributed by atoms with van der Waals surface area (Å²) in [4.78, 5) is 38.5. The molecule has 6 nitrogen and oxygen atoms in total. The number of likely N-dealkylation sites (tertiary alicyclic amines) is 1. The van der Waals surface area contributed by atoms with Crippen molar-refractivity contribution in [1.82, 2.24) is 10.2 Å². The minimum absolute atomic E-state index is 0.0688. The van der Waals surface area contributed by atoms with Crippen molar-refractivity contribution >= 4 is 17.7 Å². The second-order valence-electron chi connectivity index (χ2n) is 6.27. The monoisotopic (exact) mass is 294 g/mol. The van der Waals surface area contributed by atoms with Crippen LogP contribution in [0.25, 0.3) is 0 Å². The Bertz CT molecular complexity index is 447. The molecule has 1 heterocycles. The van der Waals surface area contributed by atoms with Crippen molar-refractivity contribution < 1.29 is 19.3 Å². The molecule has 2 rings (SSSR count). The van der Waals surface area contributed by atoms with E-state index in [1.807, 2.05) is 33.0 Å². The van der Waals surface area contributed by atoms with Gasteiger partial charge in [-0.1, -0.05) is 12.2 Å². The van der Waals surface area contributed by atoms with Crippen LogP contribution in [0.3, 0.4) is 0 Å². The van der Waals surface area contributed by atoms with Crippen molar-refractivity contribution in [2.75, 3.05) is 20.3 Å². The molecule has 0 saturated carbocycles. The van der Waals surface area contributed by atoms with Gasteiger partial charge in [-0.25, -0.2) is 4.90 Å². The largest absolute Gasteiger partial charge is 0.349 e. The molecule has 3 atom stereocenters. The van der Waals surface area contributed by atoms with Gasteiger partial charge < -0.3 is 10.2 Å². The number of likely N-dealkylation sites (N-methyl/N-ethyl adjacent to an activating group) is 1. The number of carbonyl (C=O) groups is 3. The summed E-state index contributed by atoms with van der Waals surface area (Å²) in [7, 11) is 1.82. The van der Waals surface area contributed by atoms with Crippen molar-refractivity contribution in [3.05, 3.63) is 12.2 Å². The maximum absolute atomic E-state index is 12.3. The molecule has 0 spiro atoms. The van der Waals surface area contributed by atoms with Gasteiger partial charge in [0.15, 0.2) is 13.2 Å². The van der Waals surface area contributed by atoms with Crippen molar-refractivity contribution in [1.29, 1.82) is 0 Å². The molecule has 0 bridgehead atoms. The van der Waals surface area contributed by atoms with E-state index in [1.165, 1.54) is 4.90 Å². The fourth-order valence-corrected chi connectivity index (χ4v) is 3.00. The van der Waals surface area contributed by atoms with Crippen molar-refractivity contribution in [3.63, 3.8) is 0 Å². The van der Waals surface area contributed by atoms with Crippen LogP contribution in [0, 0.1) is 11.8 Å². The Morgan fingerprint density at radius 3 is 2.29 bits per heavy atom. The Morgan fingerprint density at radius 1 is 1.29 bits per heavy atom. The molecule has 0 radical (unpaired) electrons. The smallest absolute Gasteiger partial charge is 0.275 e. The van der Waals surface area contributed by atoms with Gasteiger partial charge in [-0.2, -0.15) is 0 Å². The average molecular weight is 294 g/mol. The zero-order valence-corrected chi connectivity index (χ0v) is 12.9. The minimum Gasteiger partial charge on any atom is -0.349 e. The third-order valence-corrected chi connectivity index (χ3v) is 3.94. The molecule has 3 amide bonds. The summed E-state index contributed by atoms with van der Waals surface area (Å²) < 4.78 is 0. The van der Waals surface area contributed by atoms with Gasteiger partial charge in [-0.15, -0.1) is 0 Å². The highest BCUT2D eigenvalue weighted by molar-refractivity contribution is 6.05. The van der Waals surface area contributed by atoms with E-state index in [0.29, 0.717) is 12.8 Å². The van der Waals surface area contributed by atoms with E-state index in [2.05, 4.69) is 5.32 Å². The lowest BCUT2D eigenvalue weighted by Gasteiger charge is -2.20. The number of amides is 3. The Morgan fingerprint density at radius 2 is 1.81 bits per heavy atom. The molecule has 1 saturated heterocycles. The maximum atomic E-state index is 12.3. The van der Waals surface area contributed by atoms with E-state index in [0.717, 1.165) is 4.90 Å². The molecule has 116 valence electrons. The first-order valence-electron chi connectivity index (χ1n) is 7.51. The van der Waals surface area contributed by atoms with Crippen LogP contribution in [0.15, 0.2) is 12.2 Å². The summed E-state index contributed by atoms with van der Waals surface area (Å²) in [6.07, 6.45) is 5.25. The van der Waals surface area contributed by atoms with Crippen LogP contribution in [0.5, 0.6) is 0 Å². The first-order valence-corrected chi connectivity index (χ1v) is 7.51. The summed E-state index contributed by atoms with van der Waals surface area (Å²) in [5, 5.41) is 2.81. The topological polar surface area (TPSA) is 70.9 Å². The van der Waals surface area contributed by atoms with Gasteiger partial charge in [0.25, 0.3) is 5.91 Å². The quantitative estimate of drug-likeness (QED) is 0.501. The molecule has 0 aromatic heterocycles. The third kappa shape index (κ3) is 3.50. The van der Waals surface area contributed by atoms with Gasteiger partial charge in [0.05, 0.1) is 18.9 Å². The number of nitrogens with zero attached hydrogens (tertiary/aromatic N) is 1. The number of allylic oxidation sites excluding steroid dienone is 2. The van der Waals surface area contributed by atoms with Crippen LogP contribution in [0.4, 0.5) is 0 Å². The molecule has 0 aromatic carbocycles. The summed E-state index contributed by atoms with van der Waals surface area (Å²) in [6.45, 7) is 4.32. The molecule has 1 fully saturated rings. The van der Waals surface area contributed by atoms with Crippen LogP contribution < -0.4 is 10.2 Å². The molecular formula is C15H24N3O3+. The molecule has 21 heavy (non-hydrogen) atoms. The number of hydrogen-bond acceptors (Lipinski definition) is 3. The SMILES string of the molecule is CC(C)NC(=O)C[NH+](C)CN1C(=O)[C@H]2CC=CC[C@H]2C1=O. The van der Waals surface area contributed by atoms with E-state index in [1.54, 1.807) is 0 Å². The molecule has 6 heteroatoms. The Kier molecular flexibility index (Phi) is 4.77. The molecular weight excluding hydrogens is 270 g/mol. The van der Waals surface area contributed by atoms with E-state index < -0.39 is 0 Å². The Labute approximate surface area is 125 Å². The number of imide groups is 1. The lowest BCUT2D eigenvalue weighted by Crippen LogP contribution is -3.12. The fraction of sp³-hybridized carbons (Fsp3) is 0.667. The van der Waals surface area contributed by atoms with Gasteiger partial charge in [0, 0.05) is 6.04 Å². The maximum Gasteiger partial charge on any atom is 0.275 e. The third-order valence-electron chi connectivity index (χ3n) is 3.94. The first kappa shape index (κ1) is 15.7. The van der Waals surface area contributed by atoms with Crippen molar-refractivity contribution in [2.45, 2.75) is 32.7 Å². The van der Waals surface area contributed by atoms with Gasteiger partial charge in [0.1, 0.15) is 0 Å². The van der Waals surface area contributed by atoms with Gasteiger partial charge in [-0.05, 0) is 26.7 Å². The van der Waals surface area contributed by atoms with Gasteiger partial charge >= 0.3 is 0 Å². The minimum atomic E-state index is -0.195. The average Bonchev–Trinajstić information content (AvgIpc) is 2.63. The zero-order chi connectivity index (χ0) is 15.6. The van der Waals surface area contributed by atoms with E-state index >= 15 is 0 Å². The lowest BCUT2D eigenvalue weighted by molar-refractivity contribution is -0.879. The second kappa shape index (κ2) is 6.39. The number of quaternary nitrogens is 1. The van der Waals surface area contributed by atoms with E-state index in [-0.39, 0.29) is 48.8 Å². The summed E-state index contributed by atoms with van der Waals surface area (Å²) >= 11 is 0. The normalized spacial score (nSPS) is 26.2. The molecule has 1 aliphatic carbocycles. The second-order valence-corrected chi connectivity index (χ2v) is 6.27. The molecule has 1 unspecified atom stereocenters. The summed E-state index contributed by atoms with van der Waals surface area (Å²) in [6, 6.07) is 0.0919. The van der Waals surface area contributed by atoms with Crippen molar-refractivity contribution in [3.8, 4) is 0 Å². The highest BCUT2D eigenvalue weighted by atomic mass is 16.2. The molecule has 0 aromatic rings.